The van der Waals surface area contributed by atoms with Gasteiger partial charge in [0.1, 0.15) is 0 Å². The molecule has 0 aliphatic carbocycles. The zero-order chi connectivity index (χ0) is 9.84. The Morgan fingerprint density at radius 2 is 1.77 bits per heavy atom. The third kappa shape index (κ3) is 2.87. The maximum atomic E-state index is 7.42. The molecule has 0 heterocycles. The molecule has 0 spiro atoms. The molecule has 68 valence electrons. The quantitative estimate of drug-likeness (QED) is 0.527. The van der Waals surface area contributed by atoms with Crippen LogP contribution in [0.25, 0.3) is 0 Å². The lowest BCUT2D eigenvalue weighted by Crippen LogP contribution is -2.08. The smallest absolute Gasteiger partial charge is 0.220 e. The van der Waals surface area contributed by atoms with Gasteiger partial charge in [-0.2, -0.15) is 0 Å². The van der Waals surface area contributed by atoms with Gasteiger partial charge in [-0.3, -0.25) is 10.8 Å². The molecule has 0 unspecified atom stereocenters. The van der Waals surface area contributed by atoms with Crippen LogP contribution in [0.4, 0.5) is 0 Å². The van der Waals surface area contributed by atoms with E-state index < -0.39 is 0 Å². The van der Waals surface area contributed by atoms with Gasteiger partial charge in [0.15, 0.2) is 5.90 Å². The van der Waals surface area contributed by atoms with E-state index in [1.807, 2.05) is 0 Å². The summed E-state index contributed by atoms with van der Waals surface area (Å²) in [6, 6.07) is 6.70. The highest BCUT2D eigenvalue weighted by molar-refractivity contribution is 6.30. The van der Waals surface area contributed by atoms with Crippen LogP contribution in [0.3, 0.4) is 0 Å². The highest BCUT2D eigenvalue weighted by Crippen LogP contribution is 2.10. The lowest BCUT2D eigenvalue weighted by Gasteiger charge is -2.04. The Morgan fingerprint density at radius 1 is 1.23 bits per heavy atom. The summed E-state index contributed by atoms with van der Waals surface area (Å²) in [5.41, 5.74) is 0.607. The van der Waals surface area contributed by atoms with Crippen LogP contribution < -0.4 is 0 Å². The highest BCUT2D eigenvalue weighted by Gasteiger charge is 2.02. The molecular weight excluding hydrogens is 188 g/mol. The molecule has 0 radical (unpaired) electrons. The number of ether oxygens (including phenoxy) is 1. The van der Waals surface area contributed by atoms with Crippen molar-refractivity contribution in [3.8, 4) is 0 Å². The van der Waals surface area contributed by atoms with E-state index in [-0.39, 0.29) is 11.8 Å². The Bertz CT molecular complexity index is 332. The molecule has 0 aliphatic rings. The van der Waals surface area contributed by atoms with Crippen molar-refractivity contribution in [2.75, 3.05) is 0 Å². The van der Waals surface area contributed by atoms with Crippen LogP contribution in [-0.2, 0) is 4.74 Å². The van der Waals surface area contributed by atoms with E-state index >= 15 is 0 Å². The number of nitrogens with one attached hydrogen (secondary N) is 2. The van der Waals surface area contributed by atoms with Crippen molar-refractivity contribution in [2.45, 2.75) is 6.92 Å². The maximum absolute atomic E-state index is 7.42. The first-order chi connectivity index (χ1) is 6.09. The number of hydrogen-bond donors (Lipinski definition) is 2. The second-order valence-electron chi connectivity index (χ2n) is 2.49. The maximum Gasteiger partial charge on any atom is 0.220 e. The van der Waals surface area contributed by atoms with Crippen molar-refractivity contribution >= 4 is 23.4 Å². The van der Waals surface area contributed by atoms with Crippen LogP contribution in [0.2, 0.25) is 5.02 Å². The minimum atomic E-state index is -0.0378. The summed E-state index contributed by atoms with van der Waals surface area (Å²) in [5, 5.41) is 15.1. The Labute approximate surface area is 81.3 Å². The fourth-order valence-corrected chi connectivity index (χ4v) is 0.939. The van der Waals surface area contributed by atoms with Gasteiger partial charge in [-0.25, -0.2) is 0 Å². The lowest BCUT2D eigenvalue weighted by molar-refractivity contribution is 0.532. The molecule has 0 fully saturated rings. The van der Waals surface area contributed by atoms with Crippen LogP contribution in [-0.4, -0.2) is 11.8 Å². The van der Waals surface area contributed by atoms with E-state index in [2.05, 4.69) is 0 Å². The van der Waals surface area contributed by atoms with Crippen molar-refractivity contribution in [3.63, 3.8) is 0 Å². The fraction of sp³-hybridized carbons (Fsp3) is 0.111. The predicted octanol–water partition coefficient (Wildman–Crippen LogP) is 2.68. The second-order valence-corrected chi connectivity index (χ2v) is 2.93. The lowest BCUT2D eigenvalue weighted by atomic mass is 10.2. The van der Waals surface area contributed by atoms with Gasteiger partial charge in [-0.15, -0.1) is 0 Å². The van der Waals surface area contributed by atoms with Gasteiger partial charge in [0.2, 0.25) is 5.90 Å². The Balaban J connectivity index is 2.78. The standard InChI is InChI=1S/C9H9ClN2O/c1-6(11)13-9(12)7-2-4-8(10)5-3-7/h2-5,11-12H,1H3. The predicted molar refractivity (Wildman–Crippen MR) is 52.8 cm³/mol. The van der Waals surface area contributed by atoms with Crippen molar-refractivity contribution in [1.29, 1.82) is 10.8 Å². The first-order valence-electron chi connectivity index (χ1n) is 3.67. The summed E-state index contributed by atoms with van der Waals surface area (Å²) in [6.07, 6.45) is 0. The van der Waals surface area contributed by atoms with Gasteiger partial charge in [-0.1, -0.05) is 11.6 Å². The molecular formula is C9H9ClN2O. The third-order valence-electron chi connectivity index (χ3n) is 1.36. The highest BCUT2D eigenvalue weighted by atomic mass is 35.5. The fourth-order valence-electron chi connectivity index (χ4n) is 0.813. The van der Waals surface area contributed by atoms with Crippen molar-refractivity contribution < 1.29 is 4.74 Å². The van der Waals surface area contributed by atoms with Gasteiger partial charge in [0, 0.05) is 17.5 Å². The van der Waals surface area contributed by atoms with Crippen molar-refractivity contribution in [3.05, 3.63) is 34.9 Å². The van der Waals surface area contributed by atoms with Gasteiger partial charge in [0.25, 0.3) is 0 Å². The first-order valence-corrected chi connectivity index (χ1v) is 4.05. The molecule has 3 nitrogen and oxygen atoms in total. The van der Waals surface area contributed by atoms with Gasteiger partial charge >= 0.3 is 0 Å². The Morgan fingerprint density at radius 3 is 2.23 bits per heavy atom. The van der Waals surface area contributed by atoms with Crippen molar-refractivity contribution in [2.24, 2.45) is 0 Å². The van der Waals surface area contributed by atoms with Gasteiger partial charge in [0.05, 0.1) is 0 Å². The average Bonchev–Trinajstić information content (AvgIpc) is 2.04. The second kappa shape index (κ2) is 4.05. The van der Waals surface area contributed by atoms with E-state index in [0.717, 1.165) is 0 Å². The molecule has 0 bridgehead atoms. The Kier molecular flexibility index (Phi) is 3.03. The SMILES string of the molecule is CC(=N)OC(=N)c1ccc(Cl)cc1. The van der Waals surface area contributed by atoms with E-state index in [4.69, 9.17) is 27.2 Å². The summed E-state index contributed by atoms with van der Waals surface area (Å²) >= 11 is 5.67. The average molecular weight is 197 g/mol. The molecule has 0 aromatic heterocycles. The van der Waals surface area contributed by atoms with E-state index in [0.29, 0.717) is 10.6 Å². The summed E-state index contributed by atoms with van der Waals surface area (Å²) in [4.78, 5) is 0. The molecule has 0 saturated heterocycles. The Hall–Kier alpha value is -1.35. The molecule has 2 N–H and O–H groups in total. The van der Waals surface area contributed by atoms with E-state index in [9.17, 15) is 0 Å². The third-order valence-corrected chi connectivity index (χ3v) is 1.61. The van der Waals surface area contributed by atoms with Crippen LogP contribution in [0.5, 0.6) is 0 Å². The van der Waals surface area contributed by atoms with E-state index in [1.54, 1.807) is 24.3 Å². The van der Waals surface area contributed by atoms with Crippen LogP contribution in [0.1, 0.15) is 12.5 Å². The summed E-state index contributed by atoms with van der Waals surface area (Å²) in [7, 11) is 0. The van der Waals surface area contributed by atoms with E-state index in [1.165, 1.54) is 6.92 Å². The van der Waals surface area contributed by atoms with Gasteiger partial charge < -0.3 is 4.74 Å². The van der Waals surface area contributed by atoms with Crippen molar-refractivity contribution in [1.82, 2.24) is 0 Å². The van der Waals surface area contributed by atoms with Crippen LogP contribution >= 0.6 is 11.6 Å². The first kappa shape index (κ1) is 9.74. The van der Waals surface area contributed by atoms with Gasteiger partial charge in [-0.05, 0) is 24.3 Å². The topological polar surface area (TPSA) is 56.9 Å². The molecule has 0 aliphatic heterocycles. The molecule has 1 aromatic rings. The molecule has 0 amide bonds. The monoisotopic (exact) mass is 196 g/mol. The minimum Gasteiger partial charge on any atom is -0.426 e. The number of hydrogen-bond acceptors (Lipinski definition) is 3. The molecule has 0 saturated carbocycles. The largest absolute Gasteiger partial charge is 0.426 e. The molecule has 1 rings (SSSR count). The summed E-state index contributed by atoms with van der Waals surface area (Å²) in [5.74, 6) is -0.0379. The number of benzene rings is 1. The normalized spacial score (nSPS) is 9.38. The zero-order valence-corrected chi connectivity index (χ0v) is 7.85. The van der Waals surface area contributed by atoms with Crippen LogP contribution in [0, 0.1) is 10.8 Å². The molecule has 0 atom stereocenters. The summed E-state index contributed by atoms with van der Waals surface area (Å²) in [6.45, 7) is 1.48. The number of halogens is 1. The van der Waals surface area contributed by atoms with Crippen LogP contribution in [0.15, 0.2) is 24.3 Å². The molecule has 13 heavy (non-hydrogen) atoms. The minimum absolute atomic E-state index is 0.0000463. The summed E-state index contributed by atoms with van der Waals surface area (Å²) < 4.78 is 4.80. The molecule has 1 aromatic carbocycles. The zero-order valence-electron chi connectivity index (χ0n) is 7.10. The number of rotatable bonds is 1. The molecule has 4 heteroatoms.